The molecule has 0 N–H and O–H groups in total. The van der Waals surface area contributed by atoms with E-state index < -0.39 is 4.92 Å². The van der Waals surface area contributed by atoms with Gasteiger partial charge in [0, 0.05) is 31.4 Å². The number of benzene rings is 2. The first kappa shape index (κ1) is 20.0. The summed E-state index contributed by atoms with van der Waals surface area (Å²) in [6.07, 6.45) is 1.65. The Hall–Kier alpha value is -2.78. The third-order valence-electron chi connectivity index (χ3n) is 4.09. The number of non-ortho nitro benzene ring substituents is 1. The second-order valence-electron chi connectivity index (χ2n) is 6.00. The summed E-state index contributed by atoms with van der Waals surface area (Å²) >= 11 is 3.44. The van der Waals surface area contributed by atoms with Gasteiger partial charge in [-0.05, 0) is 51.8 Å². The van der Waals surface area contributed by atoms with Crippen LogP contribution in [0.25, 0.3) is 0 Å². The molecule has 3 rings (SSSR count). The van der Waals surface area contributed by atoms with Crippen LogP contribution in [0.5, 0.6) is 5.75 Å². The molecule has 0 aliphatic carbocycles. The van der Waals surface area contributed by atoms with Gasteiger partial charge < -0.3 is 14.4 Å². The lowest BCUT2D eigenvalue weighted by atomic mass is 10.2. The van der Waals surface area contributed by atoms with Crippen LogP contribution < -0.4 is 4.74 Å². The fourth-order valence-electron chi connectivity index (χ4n) is 2.57. The van der Waals surface area contributed by atoms with Crippen molar-refractivity contribution >= 4 is 39.4 Å². The average Bonchev–Trinajstić information content (AvgIpc) is 2.72. The van der Waals surface area contributed by atoms with Gasteiger partial charge in [0.15, 0.2) is 6.61 Å². The number of ether oxygens (including phenoxy) is 2. The van der Waals surface area contributed by atoms with Gasteiger partial charge in [-0.15, -0.1) is 0 Å². The number of carbonyl (C=O) groups is 1. The predicted molar refractivity (Wildman–Crippen MR) is 107 cm³/mol. The normalized spacial score (nSPS) is 14.2. The van der Waals surface area contributed by atoms with Crippen molar-refractivity contribution in [2.75, 3.05) is 32.9 Å². The number of hydrogen-bond donors (Lipinski definition) is 0. The first-order valence-electron chi connectivity index (χ1n) is 8.59. The molecule has 0 atom stereocenters. The number of halogens is 1. The molecule has 1 fully saturated rings. The maximum atomic E-state index is 12.1. The Morgan fingerprint density at radius 2 is 1.96 bits per heavy atom. The summed E-state index contributed by atoms with van der Waals surface area (Å²) in [4.78, 5) is 28.4. The van der Waals surface area contributed by atoms with Crippen molar-refractivity contribution in [1.29, 1.82) is 0 Å². The number of rotatable bonds is 6. The van der Waals surface area contributed by atoms with Gasteiger partial charge in [-0.2, -0.15) is 0 Å². The summed E-state index contributed by atoms with van der Waals surface area (Å²) in [5, 5.41) is 10.7. The number of nitro groups is 1. The summed E-state index contributed by atoms with van der Waals surface area (Å²) in [7, 11) is 0. The minimum atomic E-state index is -0.451. The van der Waals surface area contributed by atoms with Crippen molar-refractivity contribution in [1.82, 2.24) is 4.90 Å². The number of carbonyl (C=O) groups excluding carboxylic acids is 1. The number of hydrogen-bond acceptors (Lipinski definition) is 6. The van der Waals surface area contributed by atoms with E-state index in [2.05, 4.69) is 20.9 Å². The summed E-state index contributed by atoms with van der Waals surface area (Å²) < 4.78 is 11.6. The third kappa shape index (κ3) is 5.37. The molecule has 28 heavy (non-hydrogen) atoms. The van der Waals surface area contributed by atoms with Gasteiger partial charge in [0.05, 0.1) is 28.3 Å². The molecule has 0 unspecified atom stereocenters. The van der Waals surface area contributed by atoms with E-state index in [0.717, 1.165) is 5.56 Å². The highest BCUT2D eigenvalue weighted by Gasteiger charge is 2.17. The Bertz CT molecular complexity index is 880. The highest BCUT2D eigenvalue weighted by molar-refractivity contribution is 9.10. The molecule has 0 spiro atoms. The maximum absolute atomic E-state index is 12.1. The average molecular weight is 448 g/mol. The molecule has 0 bridgehead atoms. The summed E-state index contributed by atoms with van der Waals surface area (Å²) in [5.41, 5.74) is 1.45. The van der Waals surface area contributed by atoms with Crippen LogP contribution in [-0.4, -0.2) is 54.9 Å². The summed E-state index contributed by atoms with van der Waals surface area (Å²) in [6.45, 7) is 2.24. The standard InChI is InChI=1S/C19H18BrN3O5/c20-17-11-14(12-21-15-2-4-16(5-3-15)23(25)26)1-6-18(17)28-13-19(24)22-7-9-27-10-8-22/h1-6,11-12H,7-10,13H2. The molecule has 8 nitrogen and oxygen atoms in total. The molecule has 1 amide bonds. The minimum Gasteiger partial charge on any atom is -0.483 e. The van der Waals surface area contributed by atoms with E-state index in [-0.39, 0.29) is 18.2 Å². The van der Waals surface area contributed by atoms with Crippen molar-refractivity contribution in [2.45, 2.75) is 0 Å². The molecule has 1 heterocycles. The van der Waals surface area contributed by atoms with Crippen LogP contribution in [0.1, 0.15) is 5.56 Å². The molecule has 0 aromatic heterocycles. The molecular weight excluding hydrogens is 430 g/mol. The van der Waals surface area contributed by atoms with Crippen LogP contribution >= 0.6 is 15.9 Å². The van der Waals surface area contributed by atoms with Gasteiger partial charge in [0.2, 0.25) is 0 Å². The van der Waals surface area contributed by atoms with E-state index in [1.165, 1.54) is 12.1 Å². The molecule has 2 aromatic carbocycles. The van der Waals surface area contributed by atoms with Crippen molar-refractivity contribution in [3.05, 3.63) is 62.6 Å². The molecule has 1 saturated heterocycles. The zero-order valence-electron chi connectivity index (χ0n) is 14.9. The predicted octanol–water partition coefficient (Wildman–Crippen LogP) is 3.35. The van der Waals surface area contributed by atoms with Crippen LogP contribution in [0.15, 0.2) is 51.9 Å². The number of nitrogens with zero attached hydrogens (tertiary/aromatic N) is 3. The zero-order valence-corrected chi connectivity index (χ0v) is 16.5. The number of aliphatic imine (C=N–C) groups is 1. The van der Waals surface area contributed by atoms with Crippen LogP contribution in [0.2, 0.25) is 0 Å². The summed E-state index contributed by atoms with van der Waals surface area (Å²) in [5.74, 6) is 0.494. The van der Waals surface area contributed by atoms with Gasteiger partial charge in [-0.1, -0.05) is 0 Å². The van der Waals surface area contributed by atoms with Gasteiger partial charge in [-0.3, -0.25) is 19.9 Å². The smallest absolute Gasteiger partial charge is 0.269 e. The third-order valence-corrected chi connectivity index (χ3v) is 4.71. The van der Waals surface area contributed by atoms with E-state index in [0.29, 0.717) is 42.2 Å². The molecule has 0 radical (unpaired) electrons. The lowest BCUT2D eigenvalue weighted by Gasteiger charge is -2.26. The number of morpholine rings is 1. The second kappa shape index (κ2) is 9.43. The number of nitro benzene ring substituents is 1. The second-order valence-corrected chi connectivity index (χ2v) is 6.86. The first-order valence-corrected chi connectivity index (χ1v) is 9.38. The van der Waals surface area contributed by atoms with E-state index >= 15 is 0 Å². The Labute approximate surface area is 170 Å². The zero-order chi connectivity index (χ0) is 19.9. The number of amides is 1. The van der Waals surface area contributed by atoms with Crippen molar-refractivity contribution in [2.24, 2.45) is 4.99 Å². The van der Waals surface area contributed by atoms with Crippen molar-refractivity contribution < 1.29 is 19.2 Å². The highest BCUT2D eigenvalue weighted by Crippen LogP contribution is 2.26. The lowest BCUT2D eigenvalue weighted by Crippen LogP contribution is -2.43. The van der Waals surface area contributed by atoms with Crippen LogP contribution in [0, 0.1) is 10.1 Å². The van der Waals surface area contributed by atoms with E-state index in [9.17, 15) is 14.9 Å². The Morgan fingerprint density at radius 1 is 1.25 bits per heavy atom. The largest absolute Gasteiger partial charge is 0.483 e. The van der Waals surface area contributed by atoms with Gasteiger partial charge in [0.1, 0.15) is 5.75 Å². The minimum absolute atomic E-state index is 0.0230. The molecule has 9 heteroatoms. The van der Waals surface area contributed by atoms with Crippen molar-refractivity contribution in [3.8, 4) is 5.75 Å². The molecule has 1 aliphatic rings. The van der Waals surface area contributed by atoms with E-state index in [4.69, 9.17) is 9.47 Å². The first-order chi connectivity index (χ1) is 13.5. The monoisotopic (exact) mass is 447 g/mol. The van der Waals surface area contributed by atoms with Crippen LogP contribution in [0.4, 0.5) is 11.4 Å². The molecule has 1 aliphatic heterocycles. The SMILES string of the molecule is O=C(COc1ccc(C=Nc2ccc([N+](=O)[O-])cc2)cc1Br)N1CCOCC1. The van der Waals surface area contributed by atoms with Gasteiger partial charge in [-0.25, -0.2) is 0 Å². The topological polar surface area (TPSA) is 94.3 Å². The van der Waals surface area contributed by atoms with Crippen LogP contribution in [-0.2, 0) is 9.53 Å². The van der Waals surface area contributed by atoms with E-state index in [1.807, 2.05) is 12.1 Å². The maximum Gasteiger partial charge on any atom is 0.269 e. The molecule has 0 saturated carbocycles. The highest BCUT2D eigenvalue weighted by atomic mass is 79.9. The fraction of sp³-hybridized carbons (Fsp3) is 0.263. The van der Waals surface area contributed by atoms with Gasteiger partial charge in [0.25, 0.3) is 11.6 Å². The quantitative estimate of drug-likeness (QED) is 0.384. The van der Waals surface area contributed by atoms with Crippen LogP contribution in [0.3, 0.4) is 0 Å². The van der Waals surface area contributed by atoms with Gasteiger partial charge >= 0.3 is 0 Å². The van der Waals surface area contributed by atoms with Crippen molar-refractivity contribution in [3.63, 3.8) is 0 Å². The molecule has 2 aromatic rings. The Balaban J connectivity index is 1.58. The fourth-order valence-corrected chi connectivity index (χ4v) is 3.08. The molecule has 146 valence electrons. The Morgan fingerprint density at radius 3 is 2.61 bits per heavy atom. The van der Waals surface area contributed by atoms with E-state index in [1.54, 1.807) is 29.3 Å². The lowest BCUT2D eigenvalue weighted by molar-refractivity contribution is -0.384. The summed E-state index contributed by atoms with van der Waals surface area (Å²) in [6, 6.07) is 11.4. The molecular formula is C19H18BrN3O5. The Kier molecular flexibility index (Phi) is 6.72.